The minimum absolute atomic E-state index is 0.281. The van der Waals surface area contributed by atoms with Crippen LogP contribution >= 0.6 is 0 Å². The van der Waals surface area contributed by atoms with Crippen LogP contribution in [0.2, 0.25) is 0 Å². The molecule has 2 aromatic carbocycles. The summed E-state index contributed by atoms with van der Waals surface area (Å²) in [5, 5.41) is 6.88. The number of hydrogen-bond donors (Lipinski definition) is 1. The van der Waals surface area contributed by atoms with E-state index >= 15 is 0 Å². The maximum Gasteiger partial charge on any atom is 0.268 e. The lowest BCUT2D eigenvalue weighted by Gasteiger charge is -2.14. The van der Waals surface area contributed by atoms with Crippen LogP contribution in [0.4, 0.5) is 5.69 Å². The monoisotopic (exact) mass is 386 g/mol. The highest BCUT2D eigenvalue weighted by atomic mass is 16.6. The van der Waals surface area contributed by atoms with E-state index in [2.05, 4.69) is 10.5 Å². The first kappa shape index (κ1) is 19.3. The smallest absolute Gasteiger partial charge is 0.268 e. The Bertz CT molecular complexity index is 854. The van der Waals surface area contributed by atoms with Gasteiger partial charge >= 0.3 is 0 Å². The zero-order valence-corrected chi connectivity index (χ0v) is 16.1. The summed E-state index contributed by atoms with van der Waals surface area (Å²) in [7, 11) is 6.20. The van der Waals surface area contributed by atoms with Gasteiger partial charge in [-0.05, 0) is 36.4 Å². The third kappa shape index (κ3) is 3.95. The lowest BCUT2D eigenvalue weighted by Crippen LogP contribution is -2.28. The predicted octanol–water partition coefficient (Wildman–Crippen LogP) is 2.85. The highest BCUT2D eigenvalue weighted by molar-refractivity contribution is 6.06. The molecule has 0 spiro atoms. The summed E-state index contributed by atoms with van der Waals surface area (Å²) in [6, 6.07) is 10.6. The van der Waals surface area contributed by atoms with Crippen molar-refractivity contribution >= 4 is 17.3 Å². The minimum Gasteiger partial charge on any atom is -0.497 e. The summed E-state index contributed by atoms with van der Waals surface area (Å²) in [6.45, 7) is 0. The first-order valence-electron chi connectivity index (χ1n) is 8.57. The van der Waals surface area contributed by atoms with Crippen LogP contribution in [0, 0.1) is 0 Å². The molecule has 0 aromatic heterocycles. The predicted molar refractivity (Wildman–Crippen MR) is 104 cm³/mol. The Morgan fingerprint density at radius 1 is 1.00 bits per heavy atom. The zero-order chi connectivity index (χ0) is 20.1. The number of hydrogen-bond acceptors (Lipinski definition) is 7. The van der Waals surface area contributed by atoms with Crippen molar-refractivity contribution in [1.82, 2.24) is 0 Å². The quantitative estimate of drug-likeness (QED) is 0.787. The van der Waals surface area contributed by atoms with Gasteiger partial charge in [0.15, 0.2) is 11.5 Å². The van der Waals surface area contributed by atoms with E-state index < -0.39 is 6.10 Å². The second-order valence-corrected chi connectivity index (χ2v) is 5.97. The van der Waals surface area contributed by atoms with Crippen molar-refractivity contribution in [1.29, 1.82) is 0 Å². The van der Waals surface area contributed by atoms with Crippen LogP contribution in [0.1, 0.15) is 12.0 Å². The van der Waals surface area contributed by atoms with Crippen molar-refractivity contribution in [3.63, 3.8) is 0 Å². The molecule has 2 aromatic rings. The van der Waals surface area contributed by atoms with Crippen molar-refractivity contribution in [2.75, 3.05) is 33.8 Å². The molecule has 0 unspecified atom stereocenters. The number of carbonyl (C=O) groups is 1. The molecule has 1 N–H and O–H groups in total. The minimum atomic E-state index is -0.726. The van der Waals surface area contributed by atoms with Gasteiger partial charge in [-0.1, -0.05) is 5.16 Å². The Hall–Kier alpha value is -3.42. The highest BCUT2D eigenvalue weighted by Crippen LogP contribution is 2.39. The Morgan fingerprint density at radius 3 is 2.18 bits per heavy atom. The number of oxime groups is 1. The molecule has 148 valence electrons. The summed E-state index contributed by atoms with van der Waals surface area (Å²) in [4.78, 5) is 17.8. The van der Waals surface area contributed by atoms with Crippen molar-refractivity contribution < 1.29 is 28.6 Å². The van der Waals surface area contributed by atoms with E-state index in [-0.39, 0.29) is 5.91 Å². The second-order valence-electron chi connectivity index (χ2n) is 5.97. The summed E-state index contributed by atoms with van der Waals surface area (Å²) in [5.74, 6) is 1.93. The Morgan fingerprint density at radius 2 is 1.64 bits per heavy atom. The number of nitrogens with zero attached hydrogens (tertiary/aromatic N) is 1. The fraction of sp³-hybridized carbons (Fsp3) is 0.300. The van der Waals surface area contributed by atoms with Gasteiger partial charge < -0.3 is 29.1 Å². The number of carbonyl (C=O) groups excluding carboxylic acids is 1. The molecule has 8 heteroatoms. The topological polar surface area (TPSA) is 87.6 Å². The van der Waals surface area contributed by atoms with Gasteiger partial charge in [0.2, 0.25) is 11.9 Å². The lowest BCUT2D eigenvalue weighted by atomic mass is 10.0. The Balaban J connectivity index is 1.71. The molecule has 1 atom stereocenters. The molecule has 3 rings (SSSR count). The van der Waals surface area contributed by atoms with Gasteiger partial charge in [-0.25, -0.2) is 0 Å². The van der Waals surface area contributed by atoms with Gasteiger partial charge in [-0.3, -0.25) is 4.79 Å². The molecule has 0 saturated heterocycles. The van der Waals surface area contributed by atoms with E-state index in [4.69, 9.17) is 23.8 Å². The molecule has 0 saturated carbocycles. The van der Waals surface area contributed by atoms with Crippen LogP contribution in [-0.4, -0.2) is 46.2 Å². The SMILES string of the molecule is COc1ccc(NC(=O)[C@@H]2CC(c3cc(OC)c(OC)c(OC)c3)=NO2)cc1. The Labute approximate surface area is 163 Å². The normalized spacial score (nSPS) is 15.3. The van der Waals surface area contributed by atoms with E-state index in [0.717, 1.165) is 5.56 Å². The number of ether oxygens (including phenoxy) is 4. The molecule has 1 aliphatic heterocycles. The summed E-state index contributed by atoms with van der Waals surface area (Å²) < 4.78 is 21.2. The number of anilines is 1. The fourth-order valence-electron chi connectivity index (χ4n) is 2.83. The van der Waals surface area contributed by atoms with Gasteiger partial charge in [0, 0.05) is 17.7 Å². The number of benzene rings is 2. The third-order valence-electron chi connectivity index (χ3n) is 4.32. The second kappa shape index (κ2) is 8.51. The summed E-state index contributed by atoms with van der Waals surface area (Å²) in [6.07, 6.45) is -0.406. The van der Waals surface area contributed by atoms with E-state index in [1.165, 1.54) is 7.11 Å². The average molecular weight is 386 g/mol. The first-order chi connectivity index (χ1) is 13.6. The van der Waals surface area contributed by atoms with Crippen molar-refractivity contribution in [3.8, 4) is 23.0 Å². The molecule has 1 amide bonds. The first-order valence-corrected chi connectivity index (χ1v) is 8.57. The number of methoxy groups -OCH3 is 4. The maximum absolute atomic E-state index is 12.5. The molecular weight excluding hydrogens is 364 g/mol. The largest absolute Gasteiger partial charge is 0.497 e. The summed E-state index contributed by atoms with van der Waals surface area (Å²) in [5.41, 5.74) is 2.00. The van der Waals surface area contributed by atoms with Crippen LogP contribution in [0.25, 0.3) is 0 Å². The maximum atomic E-state index is 12.5. The van der Waals surface area contributed by atoms with E-state index in [1.54, 1.807) is 57.7 Å². The zero-order valence-electron chi connectivity index (χ0n) is 16.1. The van der Waals surface area contributed by atoms with Gasteiger partial charge in [0.1, 0.15) is 5.75 Å². The van der Waals surface area contributed by atoms with Crippen molar-refractivity contribution in [2.45, 2.75) is 12.5 Å². The molecule has 1 heterocycles. The van der Waals surface area contributed by atoms with Gasteiger partial charge in [0.05, 0.1) is 34.2 Å². The molecule has 0 radical (unpaired) electrons. The molecular formula is C20H22N2O6. The highest BCUT2D eigenvalue weighted by Gasteiger charge is 2.30. The molecule has 1 aliphatic rings. The number of amides is 1. The molecule has 0 aliphatic carbocycles. The van der Waals surface area contributed by atoms with E-state index in [0.29, 0.717) is 40.8 Å². The van der Waals surface area contributed by atoms with Gasteiger partial charge in [0.25, 0.3) is 5.91 Å². The van der Waals surface area contributed by atoms with Crippen LogP contribution in [0.15, 0.2) is 41.6 Å². The van der Waals surface area contributed by atoms with Crippen LogP contribution in [0.3, 0.4) is 0 Å². The average Bonchev–Trinajstić information content (AvgIpc) is 3.23. The molecule has 8 nitrogen and oxygen atoms in total. The van der Waals surface area contributed by atoms with Crippen molar-refractivity contribution in [3.05, 3.63) is 42.0 Å². The van der Waals surface area contributed by atoms with Crippen LogP contribution < -0.4 is 24.3 Å². The van der Waals surface area contributed by atoms with E-state index in [9.17, 15) is 4.79 Å². The Kier molecular flexibility index (Phi) is 5.88. The number of nitrogens with one attached hydrogen (secondary N) is 1. The van der Waals surface area contributed by atoms with Crippen molar-refractivity contribution in [2.24, 2.45) is 5.16 Å². The standard InChI is InChI=1S/C20H22N2O6/c1-24-14-7-5-13(6-8-14)21-20(23)18-11-15(22-28-18)12-9-16(25-2)19(27-4)17(10-12)26-3/h5-10,18H,11H2,1-4H3,(H,21,23)/t18-/m0/s1. The lowest BCUT2D eigenvalue weighted by molar-refractivity contribution is -0.125. The summed E-state index contributed by atoms with van der Waals surface area (Å²) >= 11 is 0. The molecule has 0 bridgehead atoms. The molecule has 28 heavy (non-hydrogen) atoms. The van der Waals surface area contributed by atoms with Crippen LogP contribution in [-0.2, 0) is 9.63 Å². The molecule has 0 fully saturated rings. The number of rotatable bonds is 7. The van der Waals surface area contributed by atoms with Gasteiger partial charge in [-0.2, -0.15) is 0 Å². The third-order valence-corrected chi connectivity index (χ3v) is 4.32. The fourth-order valence-corrected chi connectivity index (χ4v) is 2.83. The van der Waals surface area contributed by atoms with Gasteiger partial charge in [-0.15, -0.1) is 0 Å². The van der Waals surface area contributed by atoms with E-state index in [1.807, 2.05) is 0 Å². The van der Waals surface area contributed by atoms with Crippen LogP contribution in [0.5, 0.6) is 23.0 Å².